The topological polar surface area (TPSA) is 42.2 Å². The molecule has 0 N–H and O–H groups in total. The van der Waals surface area contributed by atoms with E-state index in [1.165, 1.54) is 6.07 Å². The summed E-state index contributed by atoms with van der Waals surface area (Å²) < 4.78 is 26.2. The van der Waals surface area contributed by atoms with Crippen molar-refractivity contribution in [2.75, 3.05) is 6.61 Å². The lowest BCUT2D eigenvalue weighted by Crippen LogP contribution is -2.04. The minimum absolute atomic E-state index is 0.210. The summed E-state index contributed by atoms with van der Waals surface area (Å²) in [5.74, 6) is 0.616. The second-order valence-electron chi connectivity index (χ2n) is 7.11. The van der Waals surface area contributed by atoms with Gasteiger partial charge in [0.05, 0.1) is 18.2 Å². The Bertz CT molecular complexity index is 1230. The SMILES string of the molecule is C=CCc1cc(/C=C(/C#N)c2ccccc2F)cc(OCC)c1OCc1ccc(Cl)cc1Cl. The van der Waals surface area contributed by atoms with Gasteiger partial charge in [0.1, 0.15) is 12.4 Å². The molecule has 0 unspecified atom stereocenters. The van der Waals surface area contributed by atoms with Crippen molar-refractivity contribution in [1.29, 1.82) is 5.26 Å². The summed E-state index contributed by atoms with van der Waals surface area (Å²) >= 11 is 12.3. The first-order valence-electron chi connectivity index (χ1n) is 10.3. The summed E-state index contributed by atoms with van der Waals surface area (Å²) in [6.07, 6.45) is 3.89. The summed E-state index contributed by atoms with van der Waals surface area (Å²) in [4.78, 5) is 0. The van der Waals surface area contributed by atoms with E-state index in [0.717, 1.165) is 11.1 Å². The van der Waals surface area contributed by atoms with Crippen LogP contribution in [0.2, 0.25) is 10.0 Å². The average Bonchev–Trinajstić information content (AvgIpc) is 2.79. The molecule has 0 aliphatic heterocycles. The van der Waals surface area contributed by atoms with Crippen molar-refractivity contribution in [2.45, 2.75) is 20.0 Å². The third-order valence-electron chi connectivity index (χ3n) is 4.80. The smallest absolute Gasteiger partial charge is 0.165 e. The number of benzene rings is 3. The van der Waals surface area contributed by atoms with E-state index in [-0.39, 0.29) is 17.7 Å². The van der Waals surface area contributed by atoms with Gasteiger partial charge in [-0.3, -0.25) is 0 Å². The normalized spacial score (nSPS) is 11.1. The Morgan fingerprint density at radius 2 is 1.88 bits per heavy atom. The van der Waals surface area contributed by atoms with Crippen molar-refractivity contribution in [3.63, 3.8) is 0 Å². The molecular formula is C27H22Cl2FNO2. The average molecular weight is 482 g/mol. The summed E-state index contributed by atoms with van der Waals surface area (Å²) in [5, 5.41) is 10.7. The molecule has 0 bridgehead atoms. The Balaban J connectivity index is 2.03. The van der Waals surface area contributed by atoms with Crippen LogP contribution < -0.4 is 9.47 Å². The number of allylic oxidation sites excluding steroid dienone is 2. The lowest BCUT2D eigenvalue weighted by Gasteiger charge is -2.17. The van der Waals surface area contributed by atoms with Gasteiger partial charge in [-0.25, -0.2) is 4.39 Å². The lowest BCUT2D eigenvalue weighted by molar-refractivity contribution is 0.267. The standard InChI is InChI=1S/C27H22Cl2FNO2/c1-3-7-19-12-18(13-21(16-31)23-8-5-6-9-25(23)30)14-26(32-4-2)27(19)33-17-20-10-11-22(28)15-24(20)29/h3,5-6,8-15H,1,4,7,17H2,2H3/b21-13-. The maximum Gasteiger partial charge on any atom is 0.165 e. The molecule has 168 valence electrons. The van der Waals surface area contributed by atoms with E-state index in [1.807, 2.05) is 19.1 Å². The lowest BCUT2D eigenvalue weighted by atomic mass is 10.0. The number of nitrogens with zero attached hydrogens (tertiary/aromatic N) is 1. The van der Waals surface area contributed by atoms with Gasteiger partial charge in [0.25, 0.3) is 0 Å². The quantitative estimate of drug-likeness (QED) is 0.177. The van der Waals surface area contributed by atoms with Gasteiger partial charge in [-0.2, -0.15) is 5.26 Å². The highest BCUT2D eigenvalue weighted by atomic mass is 35.5. The van der Waals surface area contributed by atoms with E-state index in [2.05, 4.69) is 12.6 Å². The van der Waals surface area contributed by atoms with Crippen LogP contribution in [0, 0.1) is 17.1 Å². The Kier molecular flexibility index (Phi) is 8.54. The van der Waals surface area contributed by atoms with Crippen LogP contribution in [-0.4, -0.2) is 6.61 Å². The van der Waals surface area contributed by atoms with Crippen LogP contribution in [-0.2, 0) is 13.0 Å². The van der Waals surface area contributed by atoms with E-state index in [9.17, 15) is 9.65 Å². The van der Waals surface area contributed by atoms with Crippen LogP contribution in [0.5, 0.6) is 11.5 Å². The molecule has 0 fully saturated rings. The number of ether oxygens (including phenoxy) is 2. The summed E-state index contributed by atoms with van der Waals surface area (Å²) in [7, 11) is 0. The molecule has 3 aromatic rings. The summed E-state index contributed by atoms with van der Waals surface area (Å²) in [6, 6.07) is 17.1. The number of nitriles is 1. The maximum absolute atomic E-state index is 14.2. The fraction of sp³-hybridized carbons (Fsp3) is 0.148. The molecule has 0 aromatic heterocycles. The fourth-order valence-electron chi connectivity index (χ4n) is 3.31. The summed E-state index contributed by atoms with van der Waals surface area (Å²) in [6.45, 7) is 6.33. The molecule has 0 aliphatic carbocycles. The van der Waals surface area contributed by atoms with Crippen molar-refractivity contribution in [3.8, 4) is 17.6 Å². The number of hydrogen-bond acceptors (Lipinski definition) is 3. The monoisotopic (exact) mass is 481 g/mol. The predicted molar refractivity (Wildman–Crippen MR) is 132 cm³/mol. The molecule has 0 atom stereocenters. The Hall–Kier alpha value is -3.26. The highest BCUT2D eigenvalue weighted by Gasteiger charge is 2.15. The van der Waals surface area contributed by atoms with Crippen molar-refractivity contribution >= 4 is 34.9 Å². The third-order valence-corrected chi connectivity index (χ3v) is 5.39. The van der Waals surface area contributed by atoms with Crippen LogP contribution in [0.3, 0.4) is 0 Å². The highest BCUT2D eigenvalue weighted by Crippen LogP contribution is 2.36. The van der Waals surface area contributed by atoms with Gasteiger partial charge >= 0.3 is 0 Å². The van der Waals surface area contributed by atoms with E-state index in [1.54, 1.807) is 48.6 Å². The van der Waals surface area contributed by atoms with Gasteiger partial charge in [-0.05, 0) is 55.3 Å². The fourth-order valence-corrected chi connectivity index (χ4v) is 3.77. The molecule has 3 rings (SSSR count). The number of rotatable bonds is 9. The van der Waals surface area contributed by atoms with Crippen LogP contribution >= 0.6 is 23.2 Å². The van der Waals surface area contributed by atoms with Crippen LogP contribution in [0.4, 0.5) is 4.39 Å². The highest BCUT2D eigenvalue weighted by molar-refractivity contribution is 6.35. The Labute approximate surface area is 203 Å². The molecule has 0 heterocycles. The first kappa shape index (κ1) is 24.4. The first-order valence-corrected chi connectivity index (χ1v) is 11.1. The molecule has 6 heteroatoms. The minimum Gasteiger partial charge on any atom is -0.490 e. The van der Waals surface area contributed by atoms with Gasteiger partial charge in [0.2, 0.25) is 0 Å². The second kappa shape index (κ2) is 11.6. The first-order chi connectivity index (χ1) is 16.0. The van der Waals surface area contributed by atoms with E-state index < -0.39 is 5.82 Å². The predicted octanol–water partition coefficient (Wildman–Crippen LogP) is 7.90. The van der Waals surface area contributed by atoms with Gasteiger partial charge in [0, 0.05) is 26.7 Å². The van der Waals surface area contributed by atoms with E-state index >= 15 is 0 Å². The van der Waals surface area contributed by atoms with Crippen LogP contribution in [0.1, 0.15) is 29.2 Å². The molecule has 0 spiro atoms. The number of halogens is 3. The van der Waals surface area contributed by atoms with Crippen molar-refractivity contribution < 1.29 is 13.9 Å². The third kappa shape index (κ3) is 6.16. The van der Waals surface area contributed by atoms with Crippen LogP contribution in [0.25, 0.3) is 11.6 Å². The zero-order valence-electron chi connectivity index (χ0n) is 18.1. The van der Waals surface area contributed by atoms with Crippen molar-refractivity contribution in [3.05, 3.63) is 105 Å². The molecule has 0 aliphatic rings. The maximum atomic E-state index is 14.2. The largest absolute Gasteiger partial charge is 0.490 e. The van der Waals surface area contributed by atoms with Gasteiger partial charge in [0.15, 0.2) is 11.5 Å². The van der Waals surface area contributed by atoms with Crippen molar-refractivity contribution in [2.24, 2.45) is 0 Å². The van der Waals surface area contributed by atoms with Crippen LogP contribution in [0.15, 0.2) is 67.3 Å². The molecule has 3 aromatic carbocycles. The number of hydrogen-bond donors (Lipinski definition) is 0. The van der Waals surface area contributed by atoms with Gasteiger partial charge in [-0.15, -0.1) is 6.58 Å². The molecule has 33 heavy (non-hydrogen) atoms. The Morgan fingerprint density at radius 1 is 1.09 bits per heavy atom. The zero-order valence-corrected chi connectivity index (χ0v) is 19.6. The van der Waals surface area contributed by atoms with Gasteiger partial charge in [-0.1, -0.05) is 53.5 Å². The second-order valence-corrected chi connectivity index (χ2v) is 7.95. The zero-order chi connectivity index (χ0) is 23.8. The molecule has 0 saturated carbocycles. The molecule has 3 nitrogen and oxygen atoms in total. The molecular weight excluding hydrogens is 460 g/mol. The molecule has 0 saturated heterocycles. The van der Waals surface area contributed by atoms with E-state index in [0.29, 0.717) is 40.1 Å². The van der Waals surface area contributed by atoms with E-state index in [4.69, 9.17) is 32.7 Å². The molecule has 0 radical (unpaired) electrons. The van der Waals surface area contributed by atoms with Crippen molar-refractivity contribution in [1.82, 2.24) is 0 Å². The minimum atomic E-state index is -0.457. The molecule has 0 amide bonds. The van der Waals surface area contributed by atoms with Gasteiger partial charge < -0.3 is 9.47 Å². The Morgan fingerprint density at radius 3 is 2.55 bits per heavy atom. The summed E-state index contributed by atoms with van der Waals surface area (Å²) in [5.41, 5.74) is 2.73.